The minimum absolute atomic E-state index is 0.440. The van der Waals surface area contributed by atoms with Gasteiger partial charge in [-0.05, 0) is 24.6 Å². The first-order valence-electron chi connectivity index (χ1n) is 6.43. The van der Waals surface area contributed by atoms with Gasteiger partial charge in [-0.25, -0.2) is 0 Å². The molecule has 0 unspecified atom stereocenters. The van der Waals surface area contributed by atoms with E-state index in [2.05, 4.69) is 26.1 Å². The van der Waals surface area contributed by atoms with Crippen molar-refractivity contribution in [2.45, 2.75) is 6.92 Å². The molecule has 0 fully saturated rings. The number of rotatable bonds is 2. The first-order chi connectivity index (χ1) is 10.1. The molecule has 0 spiro atoms. The van der Waals surface area contributed by atoms with Gasteiger partial charge in [0.15, 0.2) is 5.82 Å². The summed E-state index contributed by atoms with van der Waals surface area (Å²) in [6.07, 6.45) is 0. The SMILES string of the molecule is Cc1ccc(-c2[nH]nc(N)c2-c2ccccc2Cl)cc1Br. The van der Waals surface area contributed by atoms with Gasteiger partial charge in [-0.1, -0.05) is 57.9 Å². The normalized spacial score (nSPS) is 10.8. The number of benzene rings is 2. The molecule has 106 valence electrons. The standard InChI is InChI=1S/C16H13BrClN3/c1-9-6-7-10(8-12(9)17)15-14(16(19)21-20-15)11-4-2-3-5-13(11)18/h2-8H,1H3,(H3,19,20,21). The van der Waals surface area contributed by atoms with Crippen molar-refractivity contribution in [2.24, 2.45) is 0 Å². The summed E-state index contributed by atoms with van der Waals surface area (Å²) in [6.45, 7) is 2.05. The van der Waals surface area contributed by atoms with E-state index < -0.39 is 0 Å². The molecule has 3 nitrogen and oxygen atoms in total. The molecule has 0 saturated carbocycles. The van der Waals surface area contributed by atoms with Crippen molar-refractivity contribution in [3.8, 4) is 22.4 Å². The van der Waals surface area contributed by atoms with E-state index in [9.17, 15) is 0 Å². The lowest BCUT2D eigenvalue weighted by Gasteiger charge is -2.08. The summed E-state index contributed by atoms with van der Waals surface area (Å²) in [5.74, 6) is 0.440. The van der Waals surface area contributed by atoms with Crippen LogP contribution >= 0.6 is 27.5 Å². The van der Waals surface area contributed by atoms with E-state index in [1.807, 2.05) is 49.4 Å². The molecule has 5 heteroatoms. The highest BCUT2D eigenvalue weighted by molar-refractivity contribution is 9.10. The predicted octanol–water partition coefficient (Wildman–Crippen LogP) is 5.05. The number of H-pyrrole nitrogens is 1. The molecule has 21 heavy (non-hydrogen) atoms. The Morgan fingerprint density at radius 3 is 2.67 bits per heavy atom. The summed E-state index contributed by atoms with van der Waals surface area (Å²) in [5, 5.41) is 7.80. The molecular weight excluding hydrogens is 350 g/mol. The van der Waals surface area contributed by atoms with Crippen molar-refractivity contribution in [2.75, 3.05) is 5.73 Å². The number of nitrogens with two attached hydrogens (primary N) is 1. The second-order valence-electron chi connectivity index (χ2n) is 4.80. The third kappa shape index (κ3) is 2.57. The number of aromatic amines is 1. The van der Waals surface area contributed by atoms with E-state index in [1.54, 1.807) is 0 Å². The number of nitrogen functional groups attached to an aromatic ring is 1. The maximum Gasteiger partial charge on any atom is 0.153 e. The number of nitrogens with zero attached hydrogens (tertiary/aromatic N) is 1. The Morgan fingerprint density at radius 1 is 1.19 bits per heavy atom. The lowest BCUT2D eigenvalue weighted by atomic mass is 10.00. The Balaban J connectivity index is 2.22. The average molecular weight is 363 g/mol. The van der Waals surface area contributed by atoms with Crippen molar-refractivity contribution in [1.82, 2.24) is 10.2 Å². The smallest absolute Gasteiger partial charge is 0.153 e. The first kappa shape index (κ1) is 14.2. The summed E-state index contributed by atoms with van der Waals surface area (Å²) >= 11 is 9.85. The highest BCUT2D eigenvalue weighted by Crippen LogP contribution is 2.39. The second-order valence-corrected chi connectivity index (χ2v) is 6.06. The van der Waals surface area contributed by atoms with Gasteiger partial charge in [0.25, 0.3) is 0 Å². The van der Waals surface area contributed by atoms with Crippen LogP contribution < -0.4 is 5.73 Å². The molecule has 0 atom stereocenters. The van der Waals surface area contributed by atoms with Gasteiger partial charge in [0.05, 0.1) is 11.3 Å². The second kappa shape index (κ2) is 5.54. The van der Waals surface area contributed by atoms with Crippen LogP contribution in [0, 0.1) is 6.92 Å². The van der Waals surface area contributed by atoms with Crippen molar-refractivity contribution in [3.63, 3.8) is 0 Å². The number of hydrogen-bond acceptors (Lipinski definition) is 2. The number of hydrogen-bond donors (Lipinski definition) is 2. The zero-order chi connectivity index (χ0) is 15.0. The van der Waals surface area contributed by atoms with Gasteiger partial charge in [-0.2, -0.15) is 5.10 Å². The monoisotopic (exact) mass is 361 g/mol. The van der Waals surface area contributed by atoms with Gasteiger partial charge >= 0.3 is 0 Å². The van der Waals surface area contributed by atoms with E-state index >= 15 is 0 Å². The van der Waals surface area contributed by atoms with Crippen molar-refractivity contribution in [1.29, 1.82) is 0 Å². The van der Waals surface area contributed by atoms with Crippen LogP contribution in [-0.2, 0) is 0 Å². The number of aromatic nitrogens is 2. The highest BCUT2D eigenvalue weighted by Gasteiger charge is 2.17. The molecule has 0 saturated heterocycles. The molecule has 3 aromatic rings. The van der Waals surface area contributed by atoms with Crippen molar-refractivity contribution >= 4 is 33.3 Å². The van der Waals surface area contributed by atoms with Gasteiger partial charge < -0.3 is 5.73 Å². The lowest BCUT2D eigenvalue weighted by Crippen LogP contribution is -1.90. The fourth-order valence-electron chi connectivity index (χ4n) is 2.25. The van der Waals surface area contributed by atoms with E-state index in [0.29, 0.717) is 10.8 Å². The van der Waals surface area contributed by atoms with Crippen LogP contribution in [-0.4, -0.2) is 10.2 Å². The van der Waals surface area contributed by atoms with Crippen LogP contribution in [0.15, 0.2) is 46.9 Å². The zero-order valence-electron chi connectivity index (χ0n) is 11.3. The molecule has 0 amide bonds. The first-order valence-corrected chi connectivity index (χ1v) is 7.60. The molecule has 2 aromatic carbocycles. The predicted molar refractivity (Wildman–Crippen MR) is 91.3 cm³/mol. The van der Waals surface area contributed by atoms with Crippen LogP contribution in [0.1, 0.15) is 5.56 Å². The maximum absolute atomic E-state index is 6.30. The number of nitrogens with one attached hydrogen (secondary N) is 1. The molecule has 3 N–H and O–H groups in total. The van der Waals surface area contributed by atoms with Gasteiger partial charge in [-0.15, -0.1) is 0 Å². The third-order valence-corrected chi connectivity index (χ3v) is 4.58. The topological polar surface area (TPSA) is 54.7 Å². The Bertz CT molecular complexity index is 811. The number of halogens is 2. The molecular formula is C16H13BrClN3. The molecule has 3 rings (SSSR count). The molecule has 0 radical (unpaired) electrons. The third-order valence-electron chi connectivity index (χ3n) is 3.40. The van der Waals surface area contributed by atoms with Crippen LogP contribution in [0.4, 0.5) is 5.82 Å². The minimum Gasteiger partial charge on any atom is -0.382 e. The van der Waals surface area contributed by atoms with E-state index in [4.69, 9.17) is 17.3 Å². The molecule has 1 heterocycles. The van der Waals surface area contributed by atoms with E-state index in [-0.39, 0.29) is 0 Å². The van der Waals surface area contributed by atoms with Crippen LogP contribution in [0.25, 0.3) is 22.4 Å². The van der Waals surface area contributed by atoms with Crippen LogP contribution in [0.3, 0.4) is 0 Å². The van der Waals surface area contributed by atoms with Gasteiger partial charge in [-0.3, -0.25) is 5.10 Å². The minimum atomic E-state index is 0.440. The van der Waals surface area contributed by atoms with Crippen molar-refractivity contribution in [3.05, 3.63) is 57.5 Å². The van der Waals surface area contributed by atoms with Crippen molar-refractivity contribution < 1.29 is 0 Å². The largest absolute Gasteiger partial charge is 0.382 e. The quantitative estimate of drug-likeness (QED) is 0.670. The highest BCUT2D eigenvalue weighted by atomic mass is 79.9. The fraction of sp³-hybridized carbons (Fsp3) is 0.0625. The Labute approximate surface area is 136 Å². The molecule has 0 aliphatic rings. The number of aryl methyl sites for hydroxylation is 1. The Kier molecular flexibility index (Phi) is 3.74. The Hall–Kier alpha value is -1.78. The summed E-state index contributed by atoms with van der Waals surface area (Å²) in [5.41, 5.74) is 10.8. The molecule has 0 bridgehead atoms. The van der Waals surface area contributed by atoms with E-state index in [1.165, 1.54) is 5.56 Å². The summed E-state index contributed by atoms with van der Waals surface area (Å²) < 4.78 is 1.04. The average Bonchev–Trinajstić information content (AvgIpc) is 2.84. The van der Waals surface area contributed by atoms with Gasteiger partial charge in [0, 0.05) is 20.6 Å². The van der Waals surface area contributed by atoms with Crippen LogP contribution in [0.5, 0.6) is 0 Å². The summed E-state index contributed by atoms with van der Waals surface area (Å²) in [7, 11) is 0. The van der Waals surface area contributed by atoms with Gasteiger partial charge in [0.2, 0.25) is 0 Å². The number of anilines is 1. The van der Waals surface area contributed by atoms with Crippen LogP contribution in [0.2, 0.25) is 5.02 Å². The van der Waals surface area contributed by atoms with E-state index in [0.717, 1.165) is 26.9 Å². The summed E-state index contributed by atoms with van der Waals surface area (Å²) in [6, 6.07) is 13.7. The summed E-state index contributed by atoms with van der Waals surface area (Å²) in [4.78, 5) is 0. The zero-order valence-corrected chi connectivity index (χ0v) is 13.7. The lowest BCUT2D eigenvalue weighted by molar-refractivity contribution is 1.10. The maximum atomic E-state index is 6.30. The molecule has 0 aliphatic carbocycles. The van der Waals surface area contributed by atoms with Gasteiger partial charge in [0.1, 0.15) is 0 Å². The molecule has 1 aromatic heterocycles. The molecule has 0 aliphatic heterocycles. The fourth-order valence-corrected chi connectivity index (χ4v) is 2.86. The Morgan fingerprint density at radius 2 is 1.95 bits per heavy atom.